The van der Waals surface area contributed by atoms with Gasteiger partial charge in [0.15, 0.2) is 0 Å². The van der Waals surface area contributed by atoms with E-state index >= 15 is 0 Å². The van der Waals surface area contributed by atoms with E-state index in [0.29, 0.717) is 10.8 Å². The molecule has 3 aromatic rings. The van der Waals surface area contributed by atoms with E-state index in [2.05, 4.69) is 4.72 Å². The van der Waals surface area contributed by atoms with E-state index < -0.39 is 15.3 Å². The smallest absolute Gasteiger partial charge is 0.261 e. The molecule has 0 heterocycles. The van der Waals surface area contributed by atoms with Gasteiger partial charge in [0.05, 0.1) is 10.6 Å². The van der Waals surface area contributed by atoms with Gasteiger partial charge in [0.1, 0.15) is 11.3 Å². The molecular weight excluding hydrogens is 350 g/mol. The highest BCUT2D eigenvalue weighted by atomic mass is 35.5. The van der Waals surface area contributed by atoms with Crippen LogP contribution in [0, 0.1) is 0 Å². The monoisotopic (exact) mass is 361 g/mol. The number of halogens is 1. The molecule has 0 saturated heterocycles. The summed E-state index contributed by atoms with van der Waals surface area (Å²) in [6.45, 7) is 0. The molecule has 0 fully saturated rings. The highest BCUT2D eigenvalue weighted by Gasteiger charge is 2.22. The molecule has 0 bridgehead atoms. The number of carbonyl (C=O) groups is 1. The maximum atomic E-state index is 12.5. The van der Waals surface area contributed by atoms with Crippen LogP contribution < -0.4 is 4.72 Å². The highest BCUT2D eigenvalue weighted by Crippen LogP contribution is 2.36. The summed E-state index contributed by atoms with van der Waals surface area (Å²) in [6, 6.07) is 15.9. The summed E-state index contributed by atoms with van der Waals surface area (Å²) in [4.78, 5) is 11.8. The van der Waals surface area contributed by atoms with Gasteiger partial charge >= 0.3 is 0 Å². The summed E-state index contributed by atoms with van der Waals surface area (Å²) < 4.78 is 27.3. The van der Waals surface area contributed by atoms with E-state index in [9.17, 15) is 18.3 Å². The van der Waals surface area contributed by atoms with Crippen molar-refractivity contribution in [1.29, 1.82) is 0 Å². The lowest BCUT2D eigenvalue weighted by Crippen LogP contribution is -2.15. The molecule has 0 aromatic heterocycles. The molecule has 5 nitrogen and oxygen atoms in total. The Morgan fingerprint density at radius 2 is 1.62 bits per heavy atom. The predicted octanol–water partition coefficient (Wildman–Crippen LogP) is 3.73. The molecule has 2 N–H and O–H groups in total. The van der Waals surface area contributed by atoms with Crippen molar-refractivity contribution in [3.8, 4) is 5.75 Å². The topological polar surface area (TPSA) is 83.5 Å². The number of phenolic OH excluding ortho intramolecular Hbond substituents is 1. The van der Waals surface area contributed by atoms with Gasteiger partial charge in [0, 0.05) is 5.39 Å². The van der Waals surface area contributed by atoms with Crippen LogP contribution in [0.5, 0.6) is 5.75 Å². The zero-order valence-electron chi connectivity index (χ0n) is 12.2. The van der Waals surface area contributed by atoms with Gasteiger partial charge in [0.2, 0.25) is 0 Å². The van der Waals surface area contributed by atoms with E-state index in [-0.39, 0.29) is 21.9 Å². The summed E-state index contributed by atoms with van der Waals surface area (Å²) in [5, 5.41) is 10.4. The van der Waals surface area contributed by atoms with Crippen LogP contribution in [0.2, 0.25) is 0 Å². The van der Waals surface area contributed by atoms with E-state index in [1.54, 1.807) is 42.5 Å². The number of benzene rings is 3. The molecule has 0 amide bonds. The lowest BCUT2D eigenvalue weighted by Gasteiger charge is -2.14. The number of hydrogen-bond acceptors (Lipinski definition) is 4. The van der Waals surface area contributed by atoms with Crippen molar-refractivity contribution in [3.05, 3.63) is 66.2 Å². The fourth-order valence-corrected chi connectivity index (χ4v) is 3.69. The normalized spacial score (nSPS) is 11.4. The Morgan fingerprint density at radius 1 is 1.00 bits per heavy atom. The second-order valence-electron chi connectivity index (χ2n) is 5.06. The number of rotatable bonds is 4. The molecule has 122 valence electrons. The zero-order chi connectivity index (χ0) is 17.3. The van der Waals surface area contributed by atoms with Gasteiger partial charge in [-0.25, -0.2) is 8.42 Å². The van der Waals surface area contributed by atoms with Crippen molar-refractivity contribution >= 4 is 43.3 Å². The Hall–Kier alpha value is -2.57. The van der Waals surface area contributed by atoms with Crippen molar-refractivity contribution in [1.82, 2.24) is 0 Å². The van der Waals surface area contributed by atoms with Crippen LogP contribution in [0.15, 0.2) is 65.6 Å². The zero-order valence-corrected chi connectivity index (χ0v) is 13.8. The molecule has 0 aliphatic rings. The van der Waals surface area contributed by atoms with Crippen molar-refractivity contribution in [2.75, 3.05) is 4.72 Å². The first-order valence-corrected chi connectivity index (χ1v) is 8.78. The van der Waals surface area contributed by atoms with E-state index in [1.165, 1.54) is 18.2 Å². The molecule has 0 aliphatic carbocycles. The average molecular weight is 362 g/mol. The number of nitrogens with one attached hydrogen (secondary N) is 1. The lowest BCUT2D eigenvalue weighted by atomic mass is 10.0. The summed E-state index contributed by atoms with van der Waals surface area (Å²) >= 11 is 5.56. The Balaban J connectivity index is 2.19. The number of phenols is 1. The molecule has 3 aromatic carbocycles. The van der Waals surface area contributed by atoms with Crippen LogP contribution in [0.3, 0.4) is 0 Å². The molecule has 0 unspecified atom stereocenters. The first kappa shape index (κ1) is 16.3. The molecule has 0 aliphatic heterocycles. The van der Waals surface area contributed by atoms with Gasteiger partial charge in [-0.1, -0.05) is 42.5 Å². The lowest BCUT2D eigenvalue weighted by molar-refractivity contribution is 0.108. The Kier molecular flexibility index (Phi) is 4.17. The maximum Gasteiger partial charge on any atom is 0.261 e. The van der Waals surface area contributed by atoms with Crippen molar-refractivity contribution in [2.45, 2.75) is 4.90 Å². The summed E-state index contributed by atoms with van der Waals surface area (Å²) in [6.07, 6.45) is 0. The first-order chi connectivity index (χ1) is 11.4. The second kappa shape index (κ2) is 6.14. The standard InChI is InChI=1S/C17H12ClNO4S/c18-17(21)15-14(10-11-6-4-5-9-13(11)16(15)20)19-24(22,23)12-7-2-1-3-8-12/h1-10,19-20H. The van der Waals surface area contributed by atoms with Crippen molar-refractivity contribution < 1.29 is 18.3 Å². The Morgan fingerprint density at radius 3 is 2.29 bits per heavy atom. The van der Waals surface area contributed by atoms with Gasteiger partial charge in [-0.3, -0.25) is 9.52 Å². The number of hydrogen-bond donors (Lipinski definition) is 2. The number of anilines is 1. The van der Waals surface area contributed by atoms with Crippen LogP contribution in [-0.2, 0) is 10.0 Å². The van der Waals surface area contributed by atoms with Gasteiger partial charge in [-0.2, -0.15) is 0 Å². The van der Waals surface area contributed by atoms with Gasteiger partial charge in [-0.05, 0) is 35.2 Å². The predicted molar refractivity (Wildman–Crippen MR) is 93.0 cm³/mol. The van der Waals surface area contributed by atoms with Crippen LogP contribution in [0.1, 0.15) is 10.4 Å². The SMILES string of the molecule is O=C(Cl)c1c(NS(=O)(=O)c2ccccc2)cc2ccccc2c1O. The number of aromatic hydroxyl groups is 1. The summed E-state index contributed by atoms with van der Waals surface area (Å²) in [7, 11) is -3.93. The Bertz CT molecular complexity index is 1030. The van der Waals surface area contributed by atoms with Gasteiger partial charge in [-0.15, -0.1) is 0 Å². The molecule has 0 radical (unpaired) electrons. The van der Waals surface area contributed by atoms with E-state index in [0.717, 1.165) is 0 Å². The molecule has 7 heteroatoms. The largest absolute Gasteiger partial charge is 0.506 e. The molecular formula is C17H12ClNO4S. The second-order valence-corrected chi connectivity index (χ2v) is 7.09. The first-order valence-electron chi connectivity index (χ1n) is 6.92. The van der Waals surface area contributed by atoms with Crippen molar-refractivity contribution in [2.24, 2.45) is 0 Å². The quantitative estimate of drug-likeness (QED) is 0.693. The van der Waals surface area contributed by atoms with Crippen LogP contribution >= 0.6 is 11.6 Å². The van der Waals surface area contributed by atoms with E-state index in [4.69, 9.17) is 11.6 Å². The summed E-state index contributed by atoms with van der Waals surface area (Å²) in [5.74, 6) is -0.362. The maximum absolute atomic E-state index is 12.5. The van der Waals surface area contributed by atoms with Gasteiger partial charge < -0.3 is 5.11 Å². The third-order valence-corrected chi connectivity index (χ3v) is 5.09. The number of fused-ring (bicyclic) bond motifs is 1. The molecule has 0 atom stereocenters. The average Bonchev–Trinajstić information content (AvgIpc) is 2.55. The molecule has 0 spiro atoms. The molecule has 24 heavy (non-hydrogen) atoms. The van der Waals surface area contributed by atoms with Crippen LogP contribution in [0.25, 0.3) is 10.8 Å². The summed E-state index contributed by atoms with van der Waals surface area (Å²) in [5.41, 5.74) is -0.357. The number of carbonyl (C=O) groups excluding carboxylic acids is 1. The number of sulfonamides is 1. The fourth-order valence-electron chi connectivity index (χ4n) is 2.41. The van der Waals surface area contributed by atoms with Crippen molar-refractivity contribution in [3.63, 3.8) is 0 Å². The minimum Gasteiger partial charge on any atom is -0.506 e. The highest BCUT2D eigenvalue weighted by molar-refractivity contribution is 7.92. The minimum absolute atomic E-state index is 0.0330. The van der Waals surface area contributed by atoms with Crippen LogP contribution in [-0.4, -0.2) is 18.8 Å². The molecule has 3 rings (SSSR count). The van der Waals surface area contributed by atoms with E-state index in [1.807, 2.05) is 0 Å². The van der Waals surface area contributed by atoms with Crippen LogP contribution in [0.4, 0.5) is 5.69 Å². The third kappa shape index (κ3) is 2.93. The third-order valence-electron chi connectivity index (χ3n) is 3.52. The van der Waals surface area contributed by atoms with Gasteiger partial charge in [0.25, 0.3) is 15.3 Å². The minimum atomic E-state index is -3.93. The fraction of sp³-hybridized carbons (Fsp3) is 0. The molecule has 0 saturated carbocycles. The Labute approximate surface area is 143 Å².